The van der Waals surface area contributed by atoms with Crippen LogP contribution in [0.15, 0.2) is 41.3 Å². The smallest absolute Gasteiger partial charge is 0.340 e. The standard InChI is InChI=1S/C17H14Cl2N2O4S/c1-9(16-20-14-6-3-10(18)7-15(14)21-16)25-17(22)12-8-11(26(2,23)24)4-5-13(12)19/h3-9H,1-2H3,(H,20,21)/t9-/m0/s1. The zero-order valence-electron chi connectivity index (χ0n) is 13.8. The number of ether oxygens (including phenoxy) is 1. The van der Waals surface area contributed by atoms with Crippen LogP contribution in [0.3, 0.4) is 0 Å². The number of carbonyl (C=O) groups excluding carboxylic acids is 1. The third kappa shape index (κ3) is 3.85. The molecule has 0 bridgehead atoms. The lowest BCUT2D eigenvalue weighted by Gasteiger charge is -2.12. The zero-order valence-corrected chi connectivity index (χ0v) is 16.1. The van der Waals surface area contributed by atoms with E-state index >= 15 is 0 Å². The molecule has 0 amide bonds. The van der Waals surface area contributed by atoms with Crippen molar-refractivity contribution < 1.29 is 17.9 Å². The number of imidazole rings is 1. The lowest BCUT2D eigenvalue weighted by Crippen LogP contribution is -2.12. The van der Waals surface area contributed by atoms with Gasteiger partial charge in [-0.2, -0.15) is 0 Å². The third-order valence-corrected chi connectivity index (χ3v) is 5.39. The second-order valence-electron chi connectivity index (χ2n) is 5.74. The first-order chi connectivity index (χ1) is 12.1. The summed E-state index contributed by atoms with van der Waals surface area (Å²) >= 11 is 12.0. The van der Waals surface area contributed by atoms with E-state index in [1.54, 1.807) is 25.1 Å². The van der Waals surface area contributed by atoms with Gasteiger partial charge in [-0.25, -0.2) is 18.2 Å². The molecule has 0 unspecified atom stereocenters. The Morgan fingerprint density at radius 1 is 1.19 bits per heavy atom. The molecule has 0 aliphatic rings. The number of rotatable bonds is 4. The summed E-state index contributed by atoms with van der Waals surface area (Å²) in [5.41, 5.74) is 1.37. The van der Waals surface area contributed by atoms with Gasteiger partial charge in [0.05, 0.1) is 26.5 Å². The molecule has 0 radical (unpaired) electrons. The molecule has 3 rings (SSSR count). The number of halogens is 2. The van der Waals surface area contributed by atoms with Gasteiger partial charge in [-0.05, 0) is 43.3 Å². The number of aromatic nitrogens is 2. The number of H-pyrrole nitrogens is 1. The van der Waals surface area contributed by atoms with Gasteiger partial charge in [0.15, 0.2) is 15.9 Å². The van der Waals surface area contributed by atoms with E-state index in [-0.39, 0.29) is 15.5 Å². The number of nitrogens with one attached hydrogen (secondary N) is 1. The average molecular weight is 413 g/mol. The first kappa shape index (κ1) is 18.7. The number of aromatic amines is 1. The molecule has 1 N–H and O–H groups in total. The Bertz CT molecular complexity index is 1110. The average Bonchev–Trinajstić information content (AvgIpc) is 2.97. The van der Waals surface area contributed by atoms with E-state index < -0.39 is 21.9 Å². The molecule has 136 valence electrons. The number of sulfone groups is 1. The minimum absolute atomic E-state index is 0.0140. The molecule has 0 spiro atoms. The van der Waals surface area contributed by atoms with Crippen LogP contribution in [0.1, 0.15) is 29.2 Å². The van der Waals surface area contributed by atoms with Crippen molar-refractivity contribution in [1.82, 2.24) is 9.97 Å². The van der Waals surface area contributed by atoms with Gasteiger partial charge in [-0.1, -0.05) is 23.2 Å². The highest BCUT2D eigenvalue weighted by Gasteiger charge is 2.21. The molecule has 0 aliphatic carbocycles. The molecule has 0 saturated heterocycles. The lowest BCUT2D eigenvalue weighted by atomic mass is 10.2. The quantitative estimate of drug-likeness (QED) is 0.648. The van der Waals surface area contributed by atoms with Crippen LogP contribution in [0.2, 0.25) is 10.0 Å². The van der Waals surface area contributed by atoms with Crippen LogP contribution in [0.25, 0.3) is 11.0 Å². The number of benzene rings is 2. The summed E-state index contributed by atoms with van der Waals surface area (Å²) in [5, 5.41) is 0.660. The molecule has 2 aromatic carbocycles. The fourth-order valence-corrected chi connectivity index (χ4v) is 3.38. The predicted octanol–water partition coefficient (Wildman–Crippen LogP) is 4.19. The van der Waals surface area contributed by atoms with E-state index in [0.29, 0.717) is 21.9 Å². The van der Waals surface area contributed by atoms with Gasteiger partial charge < -0.3 is 9.72 Å². The molecule has 0 fully saturated rings. The van der Waals surface area contributed by atoms with Crippen LogP contribution in [0.4, 0.5) is 0 Å². The molecular weight excluding hydrogens is 399 g/mol. The van der Waals surface area contributed by atoms with Crippen molar-refractivity contribution in [3.05, 3.63) is 57.8 Å². The second-order valence-corrected chi connectivity index (χ2v) is 8.60. The van der Waals surface area contributed by atoms with Crippen molar-refractivity contribution in [1.29, 1.82) is 0 Å². The minimum Gasteiger partial charge on any atom is -0.451 e. The summed E-state index contributed by atoms with van der Waals surface area (Å²) in [6, 6.07) is 9.06. The van der Waals surface area contributed by atoms with Crippen molar-refractivity contribution in [2.75, 3.05) is 6.26 Å². The zero-order chi connectivity index (χ0) is 19.1. The minimum atomic E-state index is -3.48. The maximum absolute atomic E-state index is 12.4. The first-order valence-electron chi connectivity index (χ1n) is 7.51. The molecule has 1 atom stereocenters. The normalized spacial score (nSPS) is 12.9. The van der Waals surface area contributed by atoms with Crippen LogP contribution < -0.4 is 0 Å². The summed E-state index contributed by atoms with van der Waals surface area (Å²) < 4.78 is 28.7. The molecule has 9 heteroatoms. The summed E-state index contributed by atoms with van der Waals surface area (Å²) in [6.07, 6.45) is 0.347. The monoisotopic (exact) mass is 412 g/mol. The van der Waals surface area contributed by atoms with Gasteiger partial charge in [0.2, 0.25) is 0 Å². The summed E-state index contributed by atoms with van der Waals surface area (Å²) in [6.45, 7) is 1.64. The number of esters is 1. The highest BCUT2D eigenvalue weighted by molar-refractivity contribution is 7.90. The van der Waals surface area contributed by atoms with Gasteiger partial charge >= 0.3 is 5.97 Å². The second kappa shape index (κ2) is 6.90. The molecule has 1 heterocycles. The van der Waals surface area contributed by atoms with E-state index in [0.717, 1.165) is 6.26 Å². The molecule has 1 aromatic heterocycles. The van der Waals surface area contributed by atoms with Gasteiger partial charge in [-0.15, -0.1) is 0 Å². The van der Waals surface area contributed by atoms with Crippen LogP contribution >= 0.6 is 23.2 Å². The number of hydrogen-bond acceptors (Lipinski definition) is 5. The van der Waals surface area contributed by atoms with E-state index in [4.69, 9.17) is 27.9 Å². The van der Waals surface area contributed by atoms with Crippen molar-refractivity contribution >= 4 is 50.0 Å². The van der Waals surface area contributed by atoms with Crippen molar-refractivity contribution in [3.63, 3.8) is 0 Å². The summed E-state index contributed by atoms with van der Waals surface area (Å²) in [4.78, 5) is 19.8. The van der Waals surface area contributed by atoms with E-state index in [9.17, 15) is 13.2 Å². The Kier molecular flexibility index (Phi) is 4.96. The predicted molar refractivity (Wildman–Crippen MR) is 99.5 cm³/mol. The van der Waals surface area contributed by atoms with Crippen molar-refractivity contribution in [2.45, 2.75) is 17.9 Å². The number of fused-ring (bicyclic) bond motifs is 1. The SMILES string of the molecule is C[C@H](OC(=O)c1cc(S(C)(=O)=O)ccc1Cl)c1nc2ccc(Cl)cc2[nH]1. The Morgan fingerprint density at radius 3 is 2.62 bits per heavy atom. The molecule has 0 saturated carbocycles. The Hall–Kier alpha value is -2.09. The Balaban J connectivity index is 1.87. The maximum atomic E-state index is 12.4. The molecule has 26 heavy (non-hydrogen) atoms. The van der Waals surface area contributed by atoms with Crippen LogP contribution in [0.5, 0.6) is 0 Å². The van der Waals surface area contributed by atoms with Gasteiger partial charge in [0.25, 0.3) is 0 Å². The highest BCUT2D eigenvalue weighted by atomic mass is 35.5. The topological polar surface area (TPSA) is 89.1 Å². The Morgan fingerprint density at radius 2 is 1.92 bits per heavy atom. The number of nitrogens with zero attached hydrogens (tertiary/aromatic N) is 1. The molecular formula is C17H14Cl2N2O4S. The first-order valence-corrected chi connectivity index (χ1v) is 10.2. The van der Waals surface area contributed by atoms with Gasteiger partial charge in [0.1, 0.15) is 5.82 Å². The number of hydrogen-bond donors (Lipinski definition) is 1. The van der Waals surface area contributed by atoms with Crippen LogP contribution in [-0.2, 0) is 14.6 Å². The van der Waals surface area contributed by atoms with Gasteiger partial charge in [-0.3, -0.25) is 0 Å². The van der Waals surface area contributed by atoms with E-state index in [2.05, 4.69) is 9.97 Å². The largest absolute Gasteiger partial charge is 0.451 e. The molecule has 6 nitrogen and oxygen atoms in total. The summed E-state index contributed by atoms with van der Waals surface area (Å²) in [5.74, 6) is -0.308. The fourth-order valence-electron chi connectivity index (χ4n) is 2.37. The van der Waals surface area contributed by atoms with Crippen molar-refractivity contribution in [2.24, 2.45) is 0 Å². The van der Waals surface area contributed by atoms with E-state index in [1.165, 1.54) is 18.2 Å². The molecule has 3 aromatic rings. The van der Waals surface area contributed by atoms with E-state index in [1.807, 2.05) is 0 Å². The number of carbonyl (C=O) groups is 1. The van der Waals surface area contributed by atoms with Crippen LogP contribution in [-0.4, -0.2) is 30.6 Å². The summed E-state index contributed by atoms with van der Waals surface area (Å²) in [7, 11) is -3.48. The Labute approximate surface area is 160 Å². The highest BCUT2D eigenvalue weighted by Crippen LogP contribution is 2.25. The maximum Gasteiger partial charge on any atom is 0.340 e. The lowest BCUT2D eigenvalue weighted by molar-refractivity contribution is 0.0322. The van der Waals surface area contributed by atoms with Gasteiger partial charge in [0, 0.05) is 11.3 Å². The van der Waals surface area contributed by atoms with Crippen molar-refractivity contribution in [3.8, 4) is 0 Å². The third-order valence-electron chi connectivity index (χ3n) is 3.72. The fraction of sp³-hybridized carbons (Fsp3) is 0.176. The van der Waals surface area contributed by atoms with Crippen LogP contribution in [0, 0.1) is 0 Å². The molecule has 0 aliphatic heterocycles.